The minimum Gasteiger partial charge on any atom is -0.380 e. The monoisotopic (exact) mass is 347 g/mol. The predicted molar refractivity (Wildman–Crippen MR) is 96.5 cm³/mol. The number of rotatable bonds is 9. The zero-order valence-corrected chi connectivity index (χ0v) is 14.6. The van der Waals surface area contributed by atoms with Gasteiger partial charge in [0.2, 0.25) is 0 Å². The lowest BCUT2D eigenvalue weighted by Gasteiger charge is -2.11. The first-order valence-electron chi connectivity index (χ1n) is 8.29. The fourth-order valence-electron chi connectivity index (χ4n) is 2.77. The molecule has 0 unspecified atom stereocenters. The van der Waals surface area contributed by atoms with E-state index < -0.39 is 0 Å². The number of fused-ring (bicyclic) bond motifs is 3. The Kier molecular flexibility index (Phi) is 6.01. The van der Waals surface area contributed by atoms with E-state index in [1.54, 1.807) is 0 Å². The highest BCUT2D eigenvalue weighted by molar-refractivity contribution is 6.17. The van der Waals surface area contributed by atoms with Crippen molar-refractivity contribution in [3.05, 3.63) is 36.3 Å². The van der Waals surface area contributed by atoms with Gasteiger partial charge < -0.3 is 14.0 Å². The molecule has 0 N–H and O–H groups in total. The molecule has 0 bridgehead atoms. The third-order valence-electron chi connectivity index (χ3n) is 3.88. The molecule has 0 fully saturated rings. The van der Waals surface area contributed by atoms with Gasteiger partial charge in [-0.1, -0.05) is 18.2 Å². The number of imidazole rings is 1. The molecule has 2 aromatic heterocycles. The molecule has 2 heterocycles. The molecule has 0 radical (unpaired) electrons. The second-order valence-electron chi connectivity index (χ2n) is 5.48. The highest BCUT2D eigenvalue weighted by Crippen LogP contribution is 2.25. The molecular weight excluding hydrogens is 326 g/mol. The summed E-state index contributed by atoms with van der Waals surface area (Å²) in [7, 11) is 0. The van der Waals surface area contributed by atoms with E-state index in [4.69, 9.17) is 26.1 Å². The van der Waals surface area contributed by atoms with Crippen LogP contribution in [-0.2, 0) is 22.6 Å². The lowest BCUT2D eigenvalue weighted by molar-refractivity contribution is 0.114. The number of halogens is 1. The first-order valence-corrected chi connectivity index (χ1v) is 8.83. The molecule has 6 heteroatoms. The average Bonchev–Trinajstić information content (AvgIpc) is 2.98. The van der Waals surface area contributed by atoms with Crippen molar-refractivity contribution in [3.63, 3.8) is 0 Å². The van der Waals surface area contributed by atoms with Crippen LogP contribution in [0.25, 0.3) is 21.9 Å². The Labute approximate surface area is 146 Å². The standard InChI is InChI=1S/C18H22ClN3O2/c1-2-23-13-17-21-16-12-20-15-7-4-3-6-14(15)18(16)22(17)9-11-24-10-5-8-19/h3-4,6-7,12H,2,5,8-11,13H2,1H3. The number of nitrogens with zero attached hydrogens (tertiary/aromatic N) is 3. The van der Waals surface area contributed by atoms with Gasteiger partial charge >= 0.3 is 0 Å². The number of aromatic nitrogens is 3. The lowest BCUT2D eigenvalue weighted by atomic mass is 10.2. The maximum absolute atomic E-state index is 5.69. The minimum atomic E-state index is 0.487. The molecule has 3 rings (SSSR count). The van der Waals surface area contributed by atoms with Gasteiger partial charge in [-0.2, -0.15) is 0 Å². The van der Waals surface area contributed by atoms with Crippen molar-refractivity contribution in [3.8, 4) is 0 Å². The summed E-state index contributed by atoms with van der Waals surface area (Å²) in [5.74, 6) is 1.53. The van der Waals surface area contributed by atoms with Gasteiger partial charge in [0.05, 0.1) is 23.8 Å². The van der Waals surface area contributed by atoms with Gasteiger partial charge in [0.1, 0.15) is 17.9 Å². The van der Waals surface area contributed by atoms with E-state index in [2.05, 4.69) is 15.6 Å². The SMILES string of the molecule is CCOCc1nc2cnc3ccccc3c2n1CCOCCCCl. The van der Waals surface area contributed by atoms with E-state index in [9.17, 15) is 0 Å². The van der Waals surface area contributed by atoms with Crippen LogP contribution in [0.15, 0.2) is 30.5 Å². The maximum Gasteiger partial charge on any atom is 0.136 e. The van der Waals surface area contributed by atoms with Crippen molar-refractivity contribution in [1.82, 2.24) is 14.5 Å². The Bertz CT molecular complexity index is 803. The summed E-state index contributed by atoms with van der Waals surface area (Å²) in [6.07, 6.45) is 2.70. The van der Waals surface area contributed by atoms with Crippen LogP contribution in [-0.4, -0.2) is 40.2 Å². The number of para-hydroxylation sites is 1. The normalized spacial score (nSPS) is 11.6. The van der Waals surface area contributed by atoms with E-state index in [0.717, 1.165) is 40.7 Å². The van der Waals surface area contributed by atoms with Crippen molar-refractivity contribution >= 4 is 33.5 Å². The largest absolute Gasteiger partial charge is 0.380 e. The van der Waals surface area contributed by atoms with Crippen LogP contribution in [0.2, 0.25) is 0 Å². The minimum absolute atomic E-state index is 0.487. The molecule has 0 aliphatic heterocycles. The quantitative estimate of drug-likeness (QED) is 0.437. The number of hydrogen-bond acceptors (Lipinski definition) is 4. The van der Waals surface area contributed by atoms with Gasteiger partial charge in [-0.05, 0) is 19.4 Å². The molecule has 0 spiro atoms. The van der Waals surface area contributed by atoms with Crippen LogP contribution in [0.5, 0.6) is 0 Å². The first-order chi connectivity index (χ1) is 11.8. The lowest BCUT2D eigenvalue weighted by Crippen LogP contribution is -2.11. The molecule has 3 aromatic rings. The molecule has 5 nitrogen and oxygen atoms in total. The van der Waals surface area contributed by atoms with Gasteiger partial charge in [-0.25, -0.2) is 4.98 Å². The Morgan fingerprint density at radius 3 is 2.83 bits per heavy atom. The number of ether oxygens (including phenoxy) is 2. The summed E-state index contributed by atoms with van der Waals surface area (Å²) in [5, 5.41) is 1.10. The second-order valence-corrected chi connectivity index (χ2v) is 5.86. The van der Waals surface area contributed by atoms with Gasteiger partial charge in [-0.15, -0.1) is 11.6 Å². The van der Waals surface area contributed by atoms with Crippen LogP contribution in [0.4, 0.5) is 0 Å². The fourth-order valence-corrected chi connectivity index (χ4v) is 2.88. The number of benzene rings is 1. The molecule has 24 heavy (non-hydrogen) atoms. The van der Waals surface area contributed by atoms with Crippen molar-refractivity contribution < 1.29 is 9.47 Å². The van der Waals surface area contributed by atoms with Gasteiger partial charge in [0.15, 0.2) is 0 Å². The van der Waals surface area contributed by atoms with Crippen LogP contribution >= 0.6 is 11.6 Å². The molecule has 0 saturated carbocycles. The van der Waals surface area contributed by atoms with E-state index in [-0.39, 0.29) is 0 Å². The second kappa shape index (κ2) is 8.42. The molecule has 128 valence electrons. The van der Waals surface area contributed by atoms with Gasteiger partial charge in [-0.3, -0.25) is 4.98 Å². The Morgan fingerprint density at radius 2 is 2.00 bits per heavy atom. The number of alkyl halides is 1. The van der Waals surface area contributed by atoms with E-state index >= 15 is 0 Å². The van der Waals surface area contributed by atoms with E-state index in [1.165, 1.54) is 0 Å². The number of hydrogen-bond donors (Lipinski definition) is 0. The van der Waals surface area contributed by atoms with Crippen LogP contribution in [0, 0.1) is 0 Å². The molecule has 1 aromatic carbocycles. The highest BCUT2D eigenvalue weighted by Gasteiger charge is 2.14. The third kappa shape index (κ3) is 3.69. The average molecular weight is 348 g/mol. The molecular formula is C18H22ClN3O2. The maximum atomic E-state index is 5.69. The summed E-state index contributed by atoms with van der Waals surface area (Å²) >= 11 is 5.69. The topological polar surface area (TPSA) is 49.2 Å². The zero-order chi connectivity index (χ0) is 16.8. The summed E-state index contributed by atoms with van der Waals surface area (Å²) in [4.78, 5) is 9.22. The smallest absolute Gasteiger partial charge is 0.136 e. The Balaban J connectivity index is 1.95. The van der Waals surface area contributed by atoms with E-state index in [1.807, 2.05) is 31.3 Å². The summed E-state index contributed by atoms with van der Waals surface area (Å²) in [6.45, 7) is 5.17. The van der Waals surface area contributed by atoms with Crippen LogP contribution in [0.1, 0.15) is 19.2 Å². The molecule has 0 aliphatic carbocycles. The zero-order valence-electron chi connectivity index (χ0n) is 13.9. The summed E-state index contributed by atoms with van der Waals surface area (Å²) in [5.41, 5.74) is 2.96. The summed E-state index contributed by atoms with van der Waals surface area (Å²) in [6, 6.07) is 8.13. The first kappa shape index (κ1) is 17.1. The van der Waals surface area contributed by atoms with Gasteiger partial charge in [0.25, 0.3) is 0 Å². The number of pyridine rings is 1. The Morgan fingerprint density at radius 1 is 1.12 bits per heavy atom. The van der Waals surface area contributed by atoms with Crippen molar-refractivity contribution in [1.29, 1.82) is 0 Å². The van der Waals surface area contributed by atoms with Crippen LogP contribution in [0.3, 0.4) is 0 Å². The van der Waals surface area contributed by atoms with E-state index in [0.29, 0.717) is 32.3 Å². The van der Waals surface area contributed by atoms with Crippen molar-refractivity contribution in [2.45, 2.75) is 26.5 Å². The molecule has 0 aliphatic rings. The summed E-state index contributed by atoms with van der Waals surface area (Å²) < 4.78 is 13.5. The molecule has 0 saturated heterocycles. The predicted octanol–water partition coefficient (Wildman–Crippen LogP) is 3.77. The third-order valence-corrected chi connectivity index (χ3v) is 4.14. The molecule has 0 atom stereocenters. The molecule has 0 amide bonds. The fraction of sp³-hybridized carbons (Fsp3) is 0.444. The van der Waals surface area contributed by atoms with Crippen molar-refractivity contribution in [2.75, 3.05) is 25.7 Å². The van der Waals surface area contributed by atoms with Crippen molar-refractivity contribution in [2.24, 2.45) is 0 Å². The highest BCUT2D eigenvalue weighted by atomic mass is 35.5. The Hall–Kier alpha value is -1.69. The van der Waals surface area contributed by atoms with Crippen LogP contribution < -0.4 is 0 Å². The van der Waals surface area contributed by atoms with Gasteiger partial charge in [0, 0.05) is 31.0 Å².